The van der Waals surface area contributed by atoms with Crippen LogP contribution >= 0.6 is 0 Å². The van der Waals surface area contributed by atoms with Gasteiger partial charge >= 0.3 is 0 Å². The SMILES string of the molecule is CC1(C)CCC(Nc2ccc([N+](=O)[O-])cn2)CC1. The van der Waals surface area contributed by atoms with Crippen molar-refractivity contribution < 1.29 is 4.92 Å². The predicted octanol–water partition coefficient (Wildman–Crippen LogP) is 3.37. The average Bonchev–Trinajstić information content (AvgIpc) is 2.33. The van der Waals surface area contributed by atoms with E-state index in [2.05, 4.69) is 24.1 Å². The van der Waals surface area contributed by atoms with E-state index in [9.17, 15) is 10.1 Å². The summed E-state index contributed by atoms with van der Waals surface area (Å²) in [5.41, 5.74) is 0.478. The number of nitrogens with zero attached hydrogens (tertiary/aromatic N) is 2. The van der Waals surface area contributed by atoms with Gasteiger partial charge in [0, 0.05) is 12.1 Å². The Hall–Kier alpha value is -1.65. The van der Waals surface area contributed by atoms with Crippen molar-refractivity contribution in [2.45, 2.75) is 45.6 Å². The molecule has 5 heteroatoms. The summed E-state index contributed by atoms with van der Waals surface area (Å²) in [6.45, 7) is 4.60. The summed E-state index contributed by atoms with van der Waals surface area (Å²) in [5, 5.41) is 13.9. The Morgan fingerprint density at radius 2 is 2.06 bits per heavy atom. The van der Waals surface area contributed by atoms with Gasteiger partial charge in [-0.1, -0.05) is 13.8 Å². The highest BCUT2D eigenvalue weighted by Crippen LogP contribution is 2.35. The topological polar surface area (TPSA) is 68.1 Å². The minimum atomic E-state index is -0.431. The monoisotopic (exact) mass is 249 g/mol. The lowest BCUT2D eigenvalue weighted by Crippen LogP contribution is -2.30. The summed E-state index contributed by atoms with van der Waals surface area (Å²) < 4.78 is 0. The fourth-order valence-electron chi connectivity index (χ4n) is 2.33. The number of rotatable bonds is 3. The third kappa shape index (κ3) is 3.18. The molecule has 18 heavy (non-hydrogen) atoms. The van der Waals surface area contributed by atoms with Crippen LogP contribution in [0.2, 0.25) is 0 Å². The van der Waals surface area contributed by atoms with E-state index in [0.717, 1.165) is 18.7 Å². The molecule has 0 aromatic carbocycles. The first-order chi connectivity index (χ1) is 8.46. The first kappa shape index (κ1) is 12.8. The van der Waals surface area contributed by atoms with Crippen LogP contribution < -0.4 is 5.32 Å². The highest BCUT2D eigenvalue weighted by atomic mass is 16.6. The van der Waals surface area contributed by atoms with E-state index < -0.39 is 4.92 Å². The summed E-state index contributed by atoms with van der Waals surface area (Å²) in [6.07, 6.45) is 5.97. The molecular weight excluding hydrogens is 230 g/mol. The number of pyridine rings is 1. The van der Waals surface area contributed by atoms with Gasteiger partial charge in [0.05, 0.1) is 4.92 Å². The maximum absolute atomic E-state index is 10.5. The van der Waals surface area contributed by atoms with Gasteiger partial charge in [0.2, 0.25) is 0 Å². The molecule has 0 amide bonds. The number of hydrogen-bond donors (Lipinski definition) is 1. The van der Waals surface area contributed by atoms with Gasteiger partial charge < -0.3 is 5.32 Å². The fraction of sp³-hybridized carbons (Fsp3) is 0.615. The molecule has 98 valence electrons. The van der Waals surface area contributed by atoms with Crippen LogP contribution in [0.1, 0.15) is 39.5 Å². The van der Waals surface area contributed by atoms with Crippen molar-refractivity contribution >= 4 is 11.5 Å². The lowest BCUT2D eigenvalue weighted by atomic mass is 9.75. The van der Waals surface area contributed by atoms with E-state index in [4.69, 9.17) is 0 Å². The molecule has 0 unspecified atom stereocenters. The standard InChI is InChI=1S/C13H19N3O2/c1-13(2)7-5-10(6-8-13)15-12-4-3-11(9-14-12)16(17)18/h3-4,9-10H,5-8H2,1-2H3,(H,14,15). The van der Waals surface area contributed by atoms with Crippen LogP contribution in [-0.4, -0.2) is 15.9 Å². The number of aromatic nitrogens is 1. The molecule has 1 aliphatic rings. The second kappa shape index (κ2) is 4.92. The molecule has 5 nitrogen and oxygen atoms in total. The summed E-state index contributed by atoms with van der Waals surface area (Å²) >= 11 is 0. The Morgan fingerprint density at radius 3 is 2.56 bits per heavy atom. The molecule has 1 aromatic heterocycles. The summed E-state index contributed by atoms with van der Waals surface area (Å²) in [5.74, 6) is 0.727. The molecule has 1 aliphatic carbocycles. The Labute approximate surface area is 107 Å². The third-order valence-electron chi connectivity index (χ3n) is 3.65. The Kier molecular flexibility index (Phi) is 3.50. The zero-order chi connectivity index (χ0) is 13.2. The highest BCUT2D eigenvalue weighted by Gasteiger charge is 2.26. The van der Waals surface area contributed by atoms with Crippen LogP contribution in [0.25, 0.3) is 0 Å². The molecule has 0 atom stereocenters. The molecule has 0 saturated heterocycles. The van der Waals surface area contributed by atoms with Crippen molar-refractivity contribution in [1.82, 2.24) is 4.98 Å². The lowest BCUT2D eigenvalue weighted by Gasteiger charge is -2.34. The van der Waals surface area contributed by atoms with E-state index in [1.54, 1.807) is 6.07 Å². The van der Waals surface area contributed by atoms with Gasteiger partial charge in [-0.15, -0.1) is 0 Å². The molecular formula is C13H19N3O2. The van der Waals surface area contributed by atoms with Crippen LogP contribution in [0.3, 0.4) is 0 Å². The summed E-state index contributed by atoms with van der Waals surface area (Å²) in [4.78, 5) is 14.2. The lowest BCUT2D eigenvalue weighted by molar-refractivity contribution is -0.385. The van der Waals surface area contributed by atoms with Gasteiger partial charge in [-0.2, -0.15) is 0 Å². The first-order valence-corrected chi connectivity index (χ1v) is 6.33. The quantitative estimate of drug-likeness (QED) is 0.658. The van der Waals surface area contributed by atoms with Gasteiger partial charge in [-0.25, -0.2) is 4.98 Å². The molecule has 0 bridgehead atoms. The second-order valence-corrected chi connectivity index (χ2v) is 5.74. The Morgan fingerprint density at radius 1 is 1.39 bits per heavy atom. The third-order valence-corrected chi connectivity index (χ3v) is 3.65. The van der Waals surface area contributed by atoms with Crippen molar-refractivity contribution in [2.75, 3.05) is 5.32 Å². The van der Waals surface area contributed by atoms with Crippen LogP contribution in [0, 0.1) is 15.5 Å². The fourth-order valence-corrected chi connectivity index (χ4v) is 2.33. The molecule has 1 N–H and O–H groups in total. The number of nitro groups is 1. The first-order valence-electron chi connectivity index (χ1n) is 6.33. The van der Waals surface area contributed by atoms with Crippen LogP contribution in [-0.2, 0) is 0 Å². The van der Waals surface area contributed by atoms with Gasteiger partial charge in [0.15, 0.2) is 0 Å². The summed E-state index contributed by atoms with van der Waals surface area (Å²) in [7, 11) is 0. The predicted molar refractivity (Wildman–Crippen MR) is 70.6 cm³/mol. The van der Waals surface area contributed by atoms with E-state index in [-0.39, 0.29) is 5.69 Å². The van der Waals surface area contributed by atoms with E-state index >= 15 is 0 Å². The van der Waals surface area contributed by atoms with Gasteiger partial charge in [-0.05, 0) is 37.2 Å². The Balaban J connectivity index is 1.92. The largest absolute Gasteiger partial charge is 0.367 e. The number of hydrogen-bond acceptors (Lipinski definition) is 4. The smallest absolute Gasteiger partial charge is 0.287 e. The van der Waals surface area contributed by atoms with Crippen LogP contribution in [0.15, 0.2) is 18.3 Å². The Bertz CT molecular complexity index is 418. The van der Waals surface area contributed by atoms with E-state index in [1.165, 1.54) is 25.1 Å². The highest BCUT2D eigenvalue weighted by molar-refractivity contribution is 5.40. The van der Waals surface area contributed by atoms with Crippen LogP contribution in [0.5, 0.6) is 0 Å². The number of nitrogens with one attached hydrogen (secondary N) is 1. The molecule has 1 aromatic rings. The molecule has 1 heterocycles. The maximum atomic E-state index is 10.5. The van der Waals surface area contributed by atoms with E-state index in [0.29, 0.717) is 11.5 Å². The summed E-state index contributed by atoms with van der Waals surface area (Å²) in [6, 6.07) is 3.60. The second-order valence-electron chi connectivity index (χ2n) is 5.74. The van der Waals surface area contributed by atoms with Gasteiger partial charge in [0.1, 0.15) is 12.0 Å². The normalized spacial score (nSPS) is 19.4. The van der Waals surface area contributed by atoms with Crippen molar-refractivity contribution in [1.29, 1.82) is 0 Å². The van der Waals surface area contributed by atoms with Gasteiger partial charge in [-0.3, -0.25) is 10.1 Å². The minimum absolute atomic E-state index is 0.0327. The molecule has 1 fully saturated rings. The maximum Gasteiger partial charge on any atom is 0.287 e. The van der Waals surface area contributed by atoms with Crippen LogP contribution in [0.4, 0.5) is 11.5 Å². The van der Waals surface area contributed by atoms with Crippen molar-refractivity contribution in [3.8, 4) is 0 Å². The molecule has 1 saturated carbocycles. The number of anilines is 1. The minimum Gasteiger partial charge on any atom is -0.367 e. The van der Waals surface area contributed by atoms with Crippen molar-refractivity contribution in [2.24, 2.45) is 5.41 Å². The molecule has 0 spiro atoms. The zero-order valence-corrected chi connectivity index (χ0v) is 10.8. The van der Waals surface area contributed by atoms with Crippen molar-refractivity contribution in [3.63, 3.8) is 0 Å². The van der Waals surface area contributed by atoms with Crippen molar-refractivity contribution in [3.05, 3.63) is 28.4 Å². The average molecular weight is 249 g/mol. The zero-order valence-electron chi connectivity index (χ0n) is 10.8. The van der Waals surface area contributed by atoms with E-state index in [1.807, 2.05) is 0 Å². The molecule has 0 aliphatic heterocycles. The molecule has 0 radical (unpaired) electrons. The molecule has 2 rings (SSSR count). The van der Waals surface area contributed by atoms with Gasteiger partial charge in [0.25, 0.3) is 5.69 Å².